The Morgan fingerprint density at radius 1 is 1.23 bits per heavy atom. The lowest BCUT2D eigenvalue weighted by atomic mass is 10.0. The molecular weight excluding hydrogens is 350 g/mol. The van der Waals surface area contributed by atoms with Crippen molar-refractivity contribution in [2.75, 3.05) is 26.3 Å². The molecule has 0 saturated heterocycles. The zero-order valence-corrected chi connectivity index (χ0v) is 16.1. The van der Waals surface area contributed by atoms with Crippen LogP contribution in [0.2, 0.25) is 0 Å². The van der Waals surface area contributed by atoms with Crippen LogP contribution < -0.4 is 0 Å². The third kappa shape index (κ3) is 4.69. The molecule has 0 atom stereocenters. The molecule has 0 radical (unpaired) electrons. The van der Waals surface area contributed by atoms with Crippen LogP contribution >= 0.6 is 0 Å². The van der Waals surface area contributed by atoms with Gasteiger partial charge in [-0.2, -0.15) is 0 Å². The first kappa shape index (κ1) is 19.0. The molecule has 1 fully saturated rings. The Hall–Kier alpha value is -1.76. The second kappa shape index (κ2) is 8.29. The fourth-order valence-electron chi connectivity index (χ4n) is 2.84. The van der Waals surface area contributed by atoms with Crippen molar-refractivity contribution in [2.45, 2.75) is 31.1 Å². The molecule has 0 amide bonds. The van der Waals surface area contributed by atoms with Crippen LogP contribution in [0, 0.1) is 12.8 Å². The van der Waals surface area contributed by atoms with E-state index in [4.69, 9.17) is 9.47 Å². The van der Waals surface area contributed by atoms with E-state index in [0.717, 1.165) is 36.1 Å². The zero-order chi connectivity index (χ0) is 18.6. The SMILES string of the molecule is COCCc1cc(-c2ccccc2S(=O)(=O)COCC2CC2)cnc1C. The summed E-state index contributed by atoms with van der Waals surface area (Å²) in [4.78, 5) is 4.73. The number of hydrogen-bond donors (Lipinski definition) is 0. The number of aromatic nitrogens is 1. The van der Waals surface area contributed by atoms with Crippen molar-refractivity contribution in [1.82, 2.24) is 4.98 Å². The first-order valence-corrected chi connectivity index (χ1v) is 10.5. The first-order chi connectivity index (χ1) is 12.5. The quantitative estimate of drug-likeness (QED) is 0.672. The van der Waals surface area contributed by atoms with E-state index >= 15 is 0 Å². The van der Waals surface area contributed by atoms with Crippen molar-refractivity contribution < 1.29 is 17.9 Å². The maximum Gasteiger partial charge on any atom is 0.202 e. The second-order valence-corrected chi connectivity index (χ2v) is 8.66. The number of ether oxygens (including phenoxy) is 2. The molecule has 140 valence electrons. The molecule has 0 unspecified atom stereocenters. The zero-order valence-electron chi connectivity index (χ0n) is 15.3. The van der Waals surface area contributed by atoms with Crippen molar-refractivity contribution in [3.05, 3.63) is 47.8 Å². The number of hydrogen-bond acceptors (Lipinski definition) is 5. The van der Waals surface area contributed by atoms with Gasteiger partial charge in [0.2, 0.25) is 9.84 Å². The number of methoxy groups -OCH3 is 1. The highest BCUT2D eigenvalue weighted by molar-refractivity contribution is 7.91. The molecule has 0 bridgehead atoms. The van der Waals surface area contributed by atoms with E-state index in [9.17, 15) is 8.42 Å². The van der Waals surface area contributed by atoms with E-state index in [-0.39, 0.29) is 5.94 Å². The molecule has 5 nitrogen and oxygen atoms in total. The van der Waals surface area contributed by atoms with Gasteiger partial charge in [-0.15, -0.1) is 0 Å². The van der Waals surface area contributed by atoms with Gasteiger partial charge >= 0.3 is 0 Å². The Morgan fingerprint density at radius 3 is 2.73 bits per heavy atom. The Bertz CT molecular complexity index is 860. The van der Waals surface area contributed by atoms with Crippen LogP contribution in [0.15, 0.2) is 41.4 Å². The van der Waals surface area contributed by atoms with Gasteiger partial charge in [-0.25, -0.2) is 8.42 Å². The second-order valence-electron chi connectivity index (χ2n) is 6.75. The fraction of sp³-hybridized carbons (Fsp3) is 0.450. The number of pyridine rings is 1. The first-order valence-electron chi connectivity index (χ1n) is 8.85. The molecule has 0 aliphatic heterocycles. The molecule has 2 aromatic rings. The van der Waals surface area contributed by atoms with Crippen LogP contribution in [0.25, 0.3) is 11.1 Å². The Balaban J connectivity index is 1.88. The van der Waals surface area contributed by atoms with Crippen LogP contribution in [0.1, 0.15) is 24.1 Å². The van der Waals surface area contributed by atoms with Crippen molar-refractivity contribution in [3.63, 3.8) is 0 Å². The average molecular weight is 375 g/mol. The molecular formula is C20H25NO4S. The normalized spacial score (nSPS) is 14.5. The van der Waals surface area contributed by atoms with E-state index in [0.29, 0.717) is 29.6 Å². The third-order valence-electron chi connectivity index (χ3n) is 4.59. The van der Waals surface area contributed by atoms with Crippen LogP contribution in [0.5, 0.6) is 0 Å². The minimum absolute atomic E-state index is 0.281. The predicted molar refractivity (Wildman–Crippen MR) is 101 cm³/mol. The standard InChI is InChI=1S/C20H25NO4S/c1-15-17(9-10-24-2)11-18(12-21-15)19-5-3-4-6-20(19)26(22,23)14-25-13-16-7-8-16/h3-6,11-12,16H,7-10,13-14H2,1-2H3. The van der Waals surface area contributed by atoms with Gasteiger partial charge < -0.3 is 9.47 Å². The van der Waals surface area contributed by atoms with Gasteiger partial charge in [0, 0.05) is 30.1 Å². The van der Waals surface area contributed by atoms with E-state index < -0.39 is 9.84 Å². The number of rotatable bonds is 9. The number of nitrogens with zero attached hydrogens (tertiary/aromatic N) is 1. The largest absolute Gasteiger partial charge is 0.384 e. The van der Waals surface area contributed by atoms with Crippen LogP contribution in [-0.2, 0) is 25.7 Å². The maximum absolute atomic E-state index is 12.8. The summed E-state index contributed by atoms with van der Waals surface area (Å²) in [5.74, 6) is 0.251. The molecule has 1 aromatic carbocycles. The number of aryl methyl sites for hydroxylation is 1. The van der Waals surface area contributed by atoms with Gasteiger partial charge in [-0.3, -0.25) is 4.98 Å². The van der Waals surface area contributed by atoms with Crippen molar-refractivity contribution in [2.24, 2.45) is 5.92 Å². The minimum Gasteiger partial charge on any atom is -0.384 e. The van der Waals surface area contributed by atoms with E-state index in [2.05, 4.69) is 4.98 Å². The van der Waals surface area contributed by atoms with Crippen LogP contribution in [0.3, 0.4) is 0 Å². The lowest BCUT2D eigenvalue weighted by Gasteiger charge is -2.13. The van der Waals surface area contributed by atoms with Gasteiger partial charge in [0.15, 0.2) is 5.94 Å². The summed E-state index contributed by atoms with van der Waals surface area (Å²) in [5.41, 5.74) is 3.44. The number of sulfone groups is 1. The molecule has 3 rings (SSSR count). The molecule has 1 heterocycles. The molecule has 6 heteroatoms. The molecule has 1 aliphatic carbocycles. The molecule has 26 heavy (non-hydrogen) atoms. The summed E-state index contributed by atoms with van der Waals surface area (Å²) in [6, 6.07) is 9.04. The molecule has 1 aromatic heterocycles. The van der Waals surface area contributed by atoms with Crippen molar-refractivity contribution >= 4 is 9.84 Å². The van der Waals surface area contributed by atoms with Gasteiger partial charge in [0.25, 0.3) is 0 Å². The Morgan fingerprint density at radius 2 is 2.00 bits per heavy atom. The van der Waals surface area contributed by atoms with E-state index in [1.165, 1.54) is 0 Å². The molecule has 1 saturated carbocycles. The summed E-state index contributed by atoms with van der Waals surface area (Å²) >= 11 is 0. The Kier molecular flexibility index (Phi) is 6.06. The summed E-state index contributed by atoms with van der Waals surface area (Å²) in [6.07, 6.45) is 4.74. The van der Waals surface area contributed by atoms with Gasteiger partial charge in [0.05, 0.1) is 18.1 Å². The minimum atomic E-state index is -3.52. The topological polar surface area (TPSA) is 65.5 Å². The van der Waals surface area contributed by atoms with Crippen LogP contribution in [0.4, 0.5) is 0 Å². The maximum atomic E-state index is 12.8. The highest BCUT2D eigenvalue weighted by Crippen LogP contribution is 2.31. The highest BCUT2D eigenvalue weighted by atomic mass is 32.2. The van der Waals surface area contributed by atoms with Gasteiger partial charge in [0.1, 0.15) is 0 Å². The predicted octanol–water partition coefficient (Wildman–Crippen LogP) is 3.40. The van der Waals surface area contributed by atoms with Crippen molar-refractivity contribution in [3.8, 4) is 11.1 Å². The lowest BCUT2D eigenvalue weighted by Crippen LogP contribution is -2.12. The molecule has 0 N–H and O–H groups in total. The monoisotopic (exact) mass is 375 g/mol. The van der Waals surface area contributed by atoms with Crippen LogP contribution in [-0.4, -0.2) is 39.7 Å². The summed E-state index contributed by atoms with van der Waals surface area (Å²) in [5, 5.41) is 0. The van der Waals surface area contributed by atoms with E-state index in [1.54, 1.807) is 25.4 Å². The van der Waals surface area contributed by atoms with Gasteiger partial charge in [-0.1, -0.05) is 18.2 Å². The average Bonchev–Trinajstić information content (AvgIpc) is 3.45. The van der Waals surface area contributed by atoms with Gasteiger partial charge in [-0.05, 0) is 49.8 Å². The summed E-state index contributed by atoms with van der Waals surface area (Å²) in [7, 11) is -1.86. The molecule has 0 spiro atoms. The van der Waals surface area contributed by atoms with E-state index in [1.807, 2.05) is 25.1 Å². The highest BCUT2D eigenvalue weighted by Gasteiger charge is 2.24. The lowest BCUT2D eigenvalue weighted by molar-refractivity contribution is 0.165. The number of benzene rings is 1. The summed E-state index contributed by atoms with van der Waals surface area (Å²) < 4.78 is 36.2. The summed E-state index contributed by atoms with van der Waals surface area (Å²) in [6.45, 7) is 3.07. The fourth-order valence-corrected chi connectivity index (χ4v) is 4.09. The Labute approximate surface area is 155 Å². The third-order valence-corrected chi connectivity index (χ3v) is 6.09. The molecule has 1 aliphatic rings. The smallest absolute Gasteiger partial charge is 0.202 e. The van der Waals surface area contributed by atoms with Crippen molar-refractivity contribution in [1.29, 1.82) is 0 Å².